The molecule has 102 valence electrons. The van der Waals surface area contributed by atoms with Gasteiger partial charge in [-0.2, -0.15) is 0 Å². The lowest BCUT2D eigenvalue weighted by atomic mass is 10.0. The number of nitrogens with one attached hydrogen (secondary N) is 1. The number of rotatable bonds is 6. The molecule has 3 nitrogen and oxygen atoms in total. The third kappa shape index (κ3) is 3.67. The summed E-state index contributed by atoms with van der Waals surface area (Å²) in [6, 6.07) is 6.31. The van der Waals surface area contributed by atoms with Crippen LogP contribution in [0.1, 0.15) is 36.2 Å². The number of halogens is 1. The third-order valence-corrected chi connectivity index (χ3v) is 3.82. The number of pyridine rings is 1. The summed E-state index contributed by atoms with van der Waals surface area (Å²) in [6.07, 6.45) is 5.53. The van der Waals surface area contributed by atoms with Crippen LogP contribution in [0, 0.1) is 6.92 Å². The molecule has 0 amide bonds. The topological polar surface area (TPSA) is 38.1 Å². The summed E-state index contributed by atoms with van der Waals surface area (Å²) in [5, 5.41) is 3.56. The van der Waals surface area contributed by atoms with E-state index in [2.05, 4.69) is 46.1 Å². The molecule has 0 aliphatic carbocycles. The van der Waals surface area contributed by atoms with Crippen LogP contribution in [-0.4, -0.2) is 11.5 Å². The molecule has 19 heavy (non-hydrogen) atoms. The van der Waals surface area contributed by atoms with Gasteiger partial charge in [0.15, 0.2) is 4.67 Å². The SMILES string of the molecule is CCCNC(Cc1ncccc1C)c1ccoc1Br. The molecular formula is C15H19BrN2O. The monoisotopic (exact) mass is 322 g/mol. The van der Waals surface area contributed by atoms with E-state index in [0.717, 1.165) is 35.3 Å². The van der Waals surface area contributed by atoms with Gasteiger partial charge >= 0.3 is 0 Å². The Morgan fingerprint density at radius 1 is 1.42 bits per heavy atom. The lowest BCUT2D eigenvalue weighted by Crippen LogP contribution is -2.24. The van der Waals surface area contributed by atoms with Crippen LogP contribution in [-0.2, 0) is 6.42 Å². The van der Waals surface area contributed by atoms with E-state index in [0.29, 0.717) is 0 Å². The van der Waals surface area contributed by atoms with Crippen LogP contribution in [0.3, 0.4) is 0 Å². The predicted octanol–water partition coefficient (Wildman–Crippen LogP) is 4.03. The molecule has 0 aliphatic rings. The Morgan fingerprint density at radius 2 is 2.26 bits per heavy atom. The zero-order chi connectivity index (χ0) is 13.7. The van der Waals surface area contributed by atoms with Crippen molar-refractivity contribution in [2.45, 2.75) is 32.7 Å². The van der Waals surface area contributed by atoms with Crippen molar-refractivity contribution < 1.29 is 4.42 Å². The van der Waals surface area contributed by atoms with Gasteiger partial charge in [-0.15, -0.1) is 0 Å². The van der Waals surface area contributed by atoms with Crippen molar-refractivity contribution in [3.8, 4) is 0 Å². The van der Waals surface area contributed by atoms with E-state index < -0.39 is 0 Å². The van der Waals surface area contributed by atoms with Crippen molar-refractivity contribution in [3.63, 3.8) is 0 Å². The summed E-state index contributed by atoms with van der Waals surface area (Å²) in [5.41, 5.74) is 3.51. The smallest absolute Gasteiger partial charge is 0.173 e. The van der Waals surface area contributed by atoms with Crippen LogP contribution in [0.25, 0.3) is 0 Å². The van der Waals surface area contributed by atoms with E-state index >= 15 is 0 Å². The molecule has 1 atom stereocenters. The second-order valence-corrected chi connectivity index (χ2v) is 5.35. The van der Waals surface area contributed by atoms with Crippen LogP contribution >= 0.6 is 15.9 Å². The lowest BCUT2D eigenvalue weighted by Gasteiger charge is -2.18. The van der Waals surface area contributed by atoms with Crippen molar-refractivity contribution in [2.75, 3.05) is 6.54 Å². The van der Waals surface area contributed by atoms with E-state index in [9.17, 15) is 0 Å². The fourth-order valence-corrected chi connectivity index (χ4v) is 2.61. The third-order valence-electron chi connectivity index (χ3n) is 3.18. The quantitative estimate of drug-likeness (QED) is 0.872. The normalized spacial score (nSPS) is 12.6. The molecule has 0 saturated heterocycles. The van der Waals surface area contributed by atoms with Crippen LogP contribution < -0.4 is 5.32 Å². The average molecular weight is 323 g/mol. The van der Waals surface area contributed by atoms with Gasteiger partial charge in [-0.3, -0.25) is 4.98 Å². The van der Waals surface area contributed by atoms with E-state index in [1.807, 2.05) is 18.3 Å². The second-order valence-electron chi connectivity index (χ2n) is 4.63. The first-order valence-electron chi connectivity index (χ1n) is 6.59. The van der Waals surface area contributed by atoms with Crippen molar-refractivity contribution in [1.82, 2.24) is 10.3 Å². The fourth-order valence-electron chi connectivity index (χ4n) is 2.09. The van der Waals surface area contributed by atoms with Crippen LogP contribution in [0.5, 0.6) is 0 Å². The van der Waals surface area contributed by atoms with Gasteiger partial charge in [0.05, 0.1) is 6.26 Å². The van der Waals surface area contributed by atoms with Crippen molar-refractivity contribution in [3.05, 3.63) is 52.1 Å². The summed E-state index contributed by atoms with van der Waals surface area (Å²) in [5.74, 6) is 0. The highest BCUT2D eigenvalue weighted by Gasteiger charge is 2.18. The Morgan fingerprint density at radius 3 is 2.89 bits per heavy atom. The fraction of sp³-hybridized carbons (Fsp3) is 0.400. The van der Waals surface area contributed by atoms with Gasteiger partial charge in [0.25, 0.3) is 0 Å². The summed E-state index contributed by atoms with van der Waals surface area (Å²) < 4.78 is 6.15. The minimum absolute atomic E-state index is 0.224. The molecule has 0 saturated carbocycles. The zero-order valence-electron chi connectivity index (χ0n) is 11.3. The summed E-state index contributed by atoms with van der Waals surface area (Å²) in [4.78, 5) is 4.48. The first-order valence-corrected chi connectivity index (χ1v) is 7.38. The molecule has 0 bridgehead atoms. The maximum Gasteiger partial charge on any atom is 0.173 e. The summed E-state index contributed by atoms with van der Waals surface area (Å²) >= 11 is 3.46. The molecule has 0 radical (unpaired) electrons. The van der Waals surface area contributed by atoms with Gasteiger partial charge in [-0.05, 0) is 53.5 Å². The highest BCUT2D eigenvalue weighted by atomic mass is 79.9. The first-order chi connectivity index (χ1) is 9.22. The number of nitrogens with zero attached hydrogens (tertiary/aromatic N) is 1. The van der Waals surface area contributed by atoms with Gasteiger partial charge in [0.1, 0.15) is 0 Å². The number of aromatic nitrogens is 1. The highest BCUT2D eigenvalue weighted by Crippen LogP contribution is 2.27. The van der Waals surface area contributed by atoms with Crippen LogP contribution in [0.15, 0.2) is 39.7 Å². The molecule has 0 fully saturated rings. The molecule has 2 rings (SSSR count). The Labute approximate surface area is 122 Å². The van der Waals surface area contributed by atoms with Gasteiger partial charge in [0.2, 0.25) is 0 Å². The number of furan rings is 1. The number of hydrogen-bond donors (Lipinski definition) is 1. The molecule has 1 N–H and O–H groups in total. The van der Waals surface area contributed by atoms with Gasteiger partial charge in [-0.1, -0.05) is 13.0 Å². The summed E-state index contributed by atoms with van der Waals surface area (Å²) in [7, 11) is 0. The number of aryl methyl sites for hydroxylation is 1. The van der Waals surface area contributed by atoms with Gasteiger partial charge < -0.3 is 9.73 Å². The average Bonchev–Trinajstić information content (AvgIpc) is 2.83. The van der Waals surface area contributed by atoms with E-state index in [4.69, 9.17) is 4.42 Å². The lowest BCUT2D eigenvalue weighted by molar-refractivity contribution is 0.494. The Bertz CT molecular complexity index is 524. The van der Waals surface area contributed by atoms with E-state index in [1.54, 1.807) is 6.26 Å². The second kappa shape index (κ2) is 6.87. The molecule has 2 aromatic rings. The molecular weight excluding hydrogens is 304 g/mol. The van der Waals surface area contributed by atoms with Crippen LogP contribution in [0.2, 0.25) is 0 Å². The maximum absolute atomic E-state index is 5.35. The molecule has 4 heteroatoms. The van der Waals surface area contributed by atoms with Crippen LogP contribution in [0.4, 0.5) is 0 Å². The Kier molecular flexibility index (Phi) is 5.16. The minimum Gasteiger partial charge on any atom is -0.457 e. The first kappa shape index (κ1) is 14.3. The highest BCUT2D eigenvalue weighted by molar-refractivity contribution is 9.10. The molecule has 0 aromatic carbocycles. The van der Waals surface area contributed by atoms with Crippen molar-refractivity contribution in [1.29, 1.82) is 0 Å². The maximum atomic E-state index is 5.35. The number of hydrogen-bond acceptors (Lipinski definition) is 3. The molecule has 0 spiro atoms. The Hall–Kier alpha value is -1.13. The van der Waals surface area contributed by atoms with E-state index in [-0.39, 0.29) is 6.04 Å². The molecule has 0 aliphatic heterocycles. The van der Waals surface area contributed by atoms with E-state index in [1.165, 1.54) is 5.56 Å². The summed E-state index contributed by atoms with van der Waals surface area (Å²) in [6.45, 7) is 5.25. The molecule has 1 unspecified atom stereocenters. The standard InChI is InChI=1S/C15H19BrN2O/c1-3-7-17-14(12-6-9-19-15(12)16)10-13-11(2)5-4-8-18-13/h4-6,8-9,14,17H,3,7,10H2,1-2H3. The van der Waals surface area contributed by atoms with Crippen molar-refractivity contribution in [2.24, 2.45) is 0 Å². The minimum atomic E-state index is 0.224. The predicted molar refractivity (Wildman–Crippen MR) is 80.1 cm³/mol. The molecule has 2 aromatic heterocycles. The van der Waals surface area contributed by atoms with Gasteiger partial charge in [0, 0.05) is 29.9 Å². The largest absolute Gasteiger partial charge is 0.457 e. The Balaban J connectivity index is 2.19. The van der Waals surface area contributed by atoms with Gasteiger partial charge in [-0.25, -0.2) is 0 Å². The molecule has 2 heterocycles. The zero-order valence-corrected chi connectivity index (χ0v) is 12.9. The van der Waals surface area contributed by atoms with Crippen molar-refractivity contribution >= 4 is 15.9 Å².